The molecule has 4 rings (SSSR count). The smallest absolute Gasteiger partial charge is 0.270 e. The van der Waals surface area contributed by atoms with Crippen LogP contribution in [0.4, 0.5) is 4.39 Å². The number of carbonyl (C=O) groups is 1. The second kappa shape index (κ2) is 11.0. The number of benzene rings is 3. The van der Waals surface area contributed by atoms with E-state index < -0.39 is 11.6 Å². The van der Waals surface area contributed by atoms with Crippen molar-refractivity contribution in [3.63, 3.8) is 0 Å². The Morgan fingerprint density at radius 1 is 1.00 bits per heavy atom. The van der Waals surface area contributed by atoms with Crippen molar-refractivity contribution in [3.8, 4) is 28.4 Å². The summed E-state index contributed by atoms with van der Waals surface area (Å²) in [4.78, 5) is 18.7. The maximum Gasteiger partial charge on any atom is 0.270 e. The molecule has 0 radical (unpaired) electrons. The molecule has 180 valence electrons. The molecule has 2 N–H and O–H groups in total. The van der Waals surface area contributed by atoms with Crippen LogP contribution in [0.5, 0.6) is 5.75 Å². The molecule has 0 spiro atoms. The van der Waals surface area contributed by atoms with Gasteiger partial charge < -0.3 is 15.0 Å². The van der Waals surface area contributed by atoms with Gasteiger partial charge in [-0.2, -0.15) is 0 Å². The van der Waals surface area contributed by atoms with Gasteiger partial charge in [-0.25, -0.2) is 9.37 Å². The highest BCUT2D eigenvalue weighted by molar-refractivity contribution is 6.00. The lowest BCUT2D eigenvalue weighted by Gasteiger charge is -2.20. The van der Waals surface area contributed by atoms with Crippen LogP contribution in [0.25, 0.3) is 22.6 Å². The number of hydrogen-bond acceptors (Lipinski definition) is 3. The summed E-state index contributed by atoms with van der Waals surface area (Å²) in [6.07, 6.45) is 2.79. The fourth-order valence-electron chi connectivity index (χ4n) is 4.30. The standard InChI is InChI=1S/C29H30FN3O2/c1-3-5-16-24(20-12-8-6-9-13-20)31-29(35)27-26(22-17-18-25(34)23(30)19-22)32-28(33(27)4-2)21-14-10-7-11-15-21/h6-15,17-19,24,34H,3-5,16H2,1-2H3,(H,31,35). The average Bonchev–Trinajstić information content (AvgIpc) is 3.29. The van der Waals surface area contributed by atoms with Gasteiger partial charge in [-0.3, -0.25) is 4.79 Å². The molecular formula is C29H30FN3O2. The number of aromatic nitrogens is 2. The number of imidazole rings is 1. The molecule has 0 fully saturated rings. The van der Waals surface area contributed by atoms with Crippen LogP contribution >= 0.6 is 0 Å². The quantitative estimate of drug-likeness (QED) is 0.284. The van der Waals surface area contributed by atoms with Gasteiger partial charge >= 0.3 is 0 Å². The molecule has 0 aliphatic rings. The van der Waals surface area contributed by atoms with Crippen molar-refractivity contribution in [1.29, 1.82) is 0 Å². The topological polar surface area (TPSA) is 67.2 Å². The van der Waals surface area contributed by atoms with Gasteiger partial charge in [-0.1, -0.05) is 80.4 Å². The van der Waals surface area contributed by atoms with Gasteiger partial charge in [0.2, 0.25) is 0 Å². The second-order valence-corrected chi connectivity index (χ2v) is 8.49. The molecule has 0 saturated heterocycles. The van der Waals surface area contributed by atoms with E-state index in [2.05, 4.69) is 12.2 Å². The SMILES string of the molecule is CCCCC(NC(=O)c1c(-c2ccc(O)c(F)c2)nc(-c2ccccc2)n1CC)c1ccccc1. The normalized spacial score (nSPS) is 11.9. The van der Waals surface area contributed by atoms with Crippen molar-refractivity contribution < 1.29 is 14.3 Å². The first-order valence-corrected chi connectivity index (χ1v) is 12.0. The highest BCUT2D eigenvalue weighted by atomic mass is 19.1. The molecule has 1 unspecified atom stereocenters. The fourth-order valence-corrected chi connectivity index (χ4v) is 4.30. The summed E-state index contributed by atoms with van der Waals surface area (Å²) in [7, 11) is 0. The number of phenols is 1. The van der Waals surface area contributed by atoms with E-state index in [0.29, 0.717) is 29.3 Å². The Morgan fingerprint density at radius 2 is 1.69 bits per heavy atom. The first-order valence-electron chi connectivity index (χ1n) is 12.0. The van der Waals surface area contributed by atoms with Crippen LogP contribution < -0.4 is 5.32 Å². The van der Waals surface area contributed by atoms with Crippen LogP contribution in [0, 0.1) is 5.82 Å². The summed E-state index contributed by atoms with van der Waals surface area (Å²) in [5.74, 6) is -0.838. The van der Waals surface area contributed by atoms with Crippen LogP contribution in [0.1, 0.15) is 55.2 Å². The Balaban J connectivity index is 1.83. The molecule has 0 bridgehead atoms. The number of amides is 1. The van der Waals surface area contributed by atoms with E-state index in [1.165, 1.54) is 12.1 Å². The van der Waals surface area contributed by atoms with Gasteiger partial charge in [0.25, 0.3) is 5.91 Å². The molecule has 5 nitrogen and oxygen atoms in total. The number of nitrogens with one attached hydrogen (secondary N) is 1. The Labute approximate surface area is 205 Å². The zero-order chi connectivity index (χ0) is 24.8. The number of unbranched alkanes of at least 4 members (excludes halogenated alkanes) is 1. The maximum atomic E-state index is 14.3. The molecule has 4 aromatic rings. The summed E-state index contributed by atoms with van der Waals surface area (Å²) in [6, 6.07) is 23.5. The predicted octanol–water partition coefficient (Wildman–Crippen LogP) is 6.74. The molecule has 6 heteroatoms. The Kier molecular flexibility index (Phi) is 7.60. The molecule has 1 amide bonds. The lowest BCUT2D eigenvalue weighted by Crippen LogP contribution is -2.31. The number of carbonyl (C=O) groups excluding carboxylic acids is 1. The highest BCUT2D eigenvalue weighted by Gasteiger charge is 2.26. The number of hydrogen-bond donors (Lipinski definition) is 2. The highest BCUT2D eigenvalue weighted by Crippen LogP contribution is 2.32. The van der Waals surface area contributed by atoms with Crippen molar-refractivity contribution in [1.82, 2.24) is 14.9 Å². The molecule has 1 heterocycles. The number of phenolic OH excluding ortho intramolecular Hbond substituents is 1. The summed E-state index contributed by atoms with van der Waals surface area (Å²) in [6.45, 7) is 4.59. The van der Waals surface area contributed by atoms with E-state index in [9.17, 15) is 14.3 Å². The monoisotopic (exact) mass is 471 g/mol. The van der Waals surface area contributed by atoms with Gasteiger partial charge in [0.05, 0.1) is 6.04 Å². The van der Waals surface area contributed by atoms with Crippen LogP contribution in [0.15, 0.2) is 78.9 Å². The van der Waals surface area contributed by atoms with Crippen molar-refractivity contribution >= 4 is 5.91 Å². The van der Waals surface area contributed by atoms with Crippen molar-refractivity contribution in [3.05, 3.63) is 95.9 Å². The largest absolute Gasteiger partial charge is 0.505 e. The summed E-state index contributed by atoms with van der Waals surface area (Å²) < 4.78 is 16.2. The van der Waals surface area contributed by atoms with Crippen LogP contribution in [-0.4, -0.2) is 20.6 Å². The minimum Gasteiger partial charge on any atom is -0.505 e. The molecule has 1 atom stereocenters. The van der Waals surface area contributed by atoms with Gasteiger partial charge in [-0.05, 0) is 37.1 Å². The third-order valence-corrected chi connectivity index (χ3v) is 6.11. The second-order valence-electron chi connectivity index (χ2n) is 8.49. The summed E-state index contributed by atoms with van der Waals surface area (Å²) in [5, 5.41) is 12.9. The minimum absolute atomic E-state index is 0.159. The third-order valence-electron chi connectivity index (χ3n) is 6.11. The van der Waals surface area contributed by atoms with Crippen LogP contribution in [-0.2, 0) is 6.54 Å². The number of halogens is 1. The maximum absolute atomic E-state index is 14.3. The lowest BCUT2D eigenvalue weighted by molar-refractivity contribution is 0.0925. The summed E-state index contributed by atoms with van der Waals surface area (Å²) >= 11 is 0. The van der Waals surface area contributed by atoms with Crippen molar-refractivity contribution in [2.24, 2.45) is 0 Å². The van der Waals surface area contributed by atoms with Gasteiger partial charge in [0.1, 0.15) is 17.2 Å². The molecular weight excluding hydrogens is 441 g/mol. The van der Waals surface area contributed by atoms with E-state index in [1.807, 2.05) is 72.2 Å². The Morgan fingerprint density at radius 3 is 2.31 bits per heavy atom. The van der Waals surface area contributed by atoms with Crippen LogP contribution in [0.2, 0.25) is 0 Å². The molecule has 1 aromatic heterocycles. The van der Waals surface area contributed by atoms with Crippen LogP contribution in [0.3, 0.4) is 0 Å². The zero-order valence-electron chi connectivity index (χ0n) is 20.0. The molecule has 0 saturated carbocycles. The zero-order valence-corrected chi connectivity index (χ0v) is 20.0. The first kappa shape index (κ1) is 24.2. The molecule has 3 aromatic carbocycles. The number of aromatic hydroxyl groups is 1. The van der Waals surface area contributed by atoms with Crippen molar-refractivity contribution in [2.45, 2.75) is 45.7 Å². The molecule has 35 heavy (non-hydrogen) atoms. The predicted molar refractivity (Wildman–Crippen MR) is 137 cm³/mol. The fraction of sp³-hybridized carbons (Fsp3) is 0.241. The first-order chi connectivity index (χ1) is 17.0. The van der Waals surface area contributed by atoms with Gasteiger partial charge in [0.15, 0.2) is 11.6 Å². The minimum atomic E-state index is -0.758. The number of nitrogens with zero attached hydrogens (tertiary/aromatic N) is 2. The molecule has 0 aliphatic carbocycles. The van der Waals surface area contributed by atoms with E-state index in [-0.39, 0.29) is 11.9 Å². The van der Waals surface area contributed by atoms with E-state index in [0.717, 1.165) is 30.4 Å². The average molecular weight is 472 g/mol. The Bertz CT molecular complexity index is 1290. The van der Waals surface area contributed by atoms with Crippen molar-refractivity contribution in [2.75, 3.05) is 0 Å². The lowest BCUT2D eigenvalue weighted by atomic mass is 10.0. The van der Waals surface area contributed by atoms with E-state index in [1.54, 1.807) is 6.07 Å². The van der Waals surface area contributed by atoms with Gasteiger partial charge in [-0.15, -0.1) is 0 Å². The summed E-state index contributed by atoms with van der Waals surface area (Å²) in [5.41, 5.74) is 3.08. The van der Waals surface area contributed by atoms with E-state index in [4.69, 9.17) is 4.98 Å². The number of rotatable bonds is 9. The van der Waals surface area contributed by atoms with Gasteiger partial charge in [0, 0.05) is 17.7 Å². The van der Waals surface area contributed by atoms with E-state index >= 15 is 0 Å². The molecule has 0 aliphatic heterocycles. The Hall–Kier alpha value is -3.93. The third kappa shape index (κ3) is 5.27.